The van der Waals surface area contributed by atoms with E-state index in [1.54, 1.807) is 0 Å². The zero-order valence-electron chi connectivity index (χ0n) is 10.3. The molecule has 0 radical (unpaired) electrons. The van der Waals surface area contributed by atoms with E-state index in [2.05, 4.69) is 37.9 Å². The van der Waals surface area contributed by atoms with Crippen LogP contribution < -0.4 is 0 Å². The van der Waals surface area contributed by atoms with Crippen LogP contribution in [0.25, 0.3) is 22.0 Å². The molecule has 3 aromatic rings. The predicted molar refractivity (Wildman–Crippen MR) is 70.3 cm³/mol. The van der Waals surface area contributed by atoms with Crippen molar-refractivity contribution < 1.29 is 4.42 Å². The summed E-state index contributed by atoms with van der Waals surface area (Å²) in [5, 5.41) is 2.34. The molecule has 0 saturated heterocycles. The van der Waals surface area contributed by atoms with E-state index in [1.807, 2.05) is 18.2 Å². The molecule has 0 aliphatic rings. The van der Waals surface area contributed by atoms with Gasteiger partial charge in [0, 0.05) is 16.7 Å². The van der Waals surface area contributed by atoms with Crippen molar-refractivity contribution >= 4 is 22.0 Å². The van der Waals surface area contributed by atoms with Gasteiger partial charge >= 0.3 is 0 Å². The average Bonchev–Trinajstić information content (AvgIpc) is 2.74. The number of furan rings is 1. The molecule has 0 aliphatic heterocycles. The highest BCUT2D eigenvalue weighted by atomic mass is 16.3. The minimum Gasteiger partial charge on any atom is -0.442 e. The van der Waals surface area contributed by atoms with Gasteiger partial charge < -0.3 is 4.42 Å². The fourth-order valence-electron chi connectivity index (χ4n) is 2.18. The molecule has 17 heavy (non-hydrogen) atoms. The van der Waals surface area contributed by atoms with E-state index in [0.29, 0.717) is 5.92 Å². The fraction of sp³-hybridized carbons (Fsp3) is 0.267. The highest BCUT2D eigenvalue weighted by Crippen LogP contribution is 2.30. The number of benzene rings is 1. The van der Waals surface area contributed by atoms with Crippen LogP contribution in [0.2, 0.25) is 0 Å². The summed E-state index contributed by atoms with van der Waals surface area (Å²) < 4.78 is 5.81. The lowest BCUT2D eigenvalue weighted by molar-refractivity contribution is 0.514. The second-order valence-electron chi connectivity index (χ2n) is 4.78. The lowest BCUT2D eigenvalue weighted by atomic mass is 10.1. The summed E-state index contributed by atoms with van der Waals surface area (Å²) in [6.07, 6.45) is 0. The Hall–Kier alpha value is -1.83. The fourth-order valence-corrected chi connectivity index (χ4v) is 2.18. The maximum Gasteiger partial charge on any atom is 0.227 e. The molecule has 0 amide bonds. The van der Waals surface area contributed by atoms with E-state index in [0.717, 1.165) is 22.4 Å². The van der Waals surface area contributed by atoms with E-state index >= 15 is 0 Å². The van der Waals surface area contributed by atoms with Gasteiger partial charge in [-0.3, -0.25) is 0 Å². The molecule has 2 heterocycles. The predicted octanol–water partition coefficient (Wildman–Crippen LogP) is 4.41. The molecule has 3 rings (SSSR count). The highest BCUT2D eigenvalue weighted by Gasteiger charge is 2.12. The van der Waals surface area contributed by atoms with Crippen molar-refractivity contribution in [1.82, 2.24) is 4.98 Å². The Bertz CT molecular complexity index is 695. The van der Waals surface area contributed by atoms with Crippen molar-refractivity contribution in [2.45, 2.75) is 26.7 Å². The van der Waals surface area contributed by atoms with Gasteiger partial charge in [0.05, 0.1) is 5.52 Å². The molecule has 0 saturated carbocycles. The zero-order chi connectivity index (χ0) is 12.0. The quantitative estimate of drug-likeness (QED) is 0.613. The van der Waals surface area contributed by atoms with E-state index < -0.39 is 0 Å². The molecule has 0 unspecified atom stereocenters. The molecular formula is C15H15NO. The third-order valence-electron chi connectivity index (χ3n) is 3.23. The van der Waals surface area contributed by atoms with Gasteiger partial charge in [-0.2, -0.15) is 0 Å². The van der Waals surface area contributed by atoms with E-state index in [-0.39, 0.29) is 0 Å². The second kappa shape index (κ2) is 3.59. The van der Waals surface area contributed by atoms with Gasteiger partial charge in [0.15, 0.2) is 0 Å². The number of aromatic nitrogens is 1. The van der Waals surface area contributed by atoms with Gasteiger partial charge in [0.1, 0.15) is 5.76 Å². The maximum atomic E-state index is 5.81. The molecule has 0 aliphatic carbocycles. The molecule has 2 aromatic heterocycles. The van der Waals surface area contributed by atoms with Crippen molar-refractivity contribution in [3.63, 3.8) is 0 Å². The van der Waals surface area contributed by atoms with Crippen LogP contribution in [0.1, 0.15) is 31.1 Å². The van der Waals surface area contributed by atoms with Crippen molar-refractivity contribution in [3.8, 4) is 0 Å². The first-order valence-corrected chi connectivity index (χ1v) is 5.95. The van der Waals surface area contributed by atoms with Crippen LogP contribution in [-0.2, 0) is 0 Å². The van der Waals surface area contributed by atoms with Crippen molar-refractivity contribution in [3.05, 3.63) is 41.7 Å². The molecule has 0 N–H and O–H groups in total. The topological polar surface area (TPSA) is 26.0 Å². The third-order valence-corrected chi connectivity index (χ3v) is 3.23. The van der Waals surface area contributed by atoms with Gasteiger partial charge in [-0.25, -0.2) is 4.98 Å². The number of hydrogen-bond acceptors (Lipinski definition) is 2. The Morgan fingerprint density at radius 2 is 1.88 bits per heavy atom. The number of hydrogen-bond donors (Lipinski definition) is 0. The molecule has 0 fully saturated rings. The maximum absolute atomic E-state index is 5.81. The number of fused-ring (bicyclic) bond motifs is 2. The molecule has 0 bridgehead atoms. The lowest BCUT2D eigenvalue weighted by Crippen LogP contribution is -1.83. The van der Waals surface area contributed by atoms with E-state index in [4.69, 9.17) is 4.42 Å². The summed E-state index contributed by atoms with van der Waals surface area (Å²) in [5.41, 5.74) is 3.01. The molecule has 86 valence electrons. The van der Waals surface area contributed by atoms with Crippen molar-refractivity contribution in [2.24, 2.45) is 0 Å². The first kappa shape index (κ1) is 10.3. The van der Waals surface area contributed by atoms with Gasteiger partial charge in [0.2, 0.25) is 5.71 Å². The summed E-state index contributed by atoms with van der Waals surface area (Å²) >= 11 is 0. The summed E-state index contributed by atoms with van der Waals surface area (Å²) in [6.45, 7) is 6.39. The van der Waals surface area contributed by atoms with Crippen LogP contribution in [0.15, 0.2) is 34.7 Å². The smallest absolute Gasteiger partial charge is 0.227 e. The zero-order valence-corrected chi connectivity index (χ0v) is 10.3. The molecule has 0 spiro atoms. The number of rotatable bonds is 1. The van der Waals surface area contributed by atoms with Crippen LogP contribution in [0, 0.1) is 6.92 Å². The van der Waals surface area contributed by atoms with Crippen LogP contribution in [0.3, 0.4) is 0 Å². The molecule has 1 aromatic carbocycles. The summed E-state index contributed by atoms with van der Waals surface area (Å²) in [5.74, 6) is 1.40. The number of pyridine rings is 1. The Morgan fingerprint density at radius 3 is 2.65 bits per heavy atom. The Balaban J connectivity index is 2.42. The van der Waals surface area contributed by atoms with Crippen molar-refractivity contribution in [1.29, 1.82) is 0 Å². The normalized spacial score (nSPS) is 11.8. The summed E-state index contributed by atoms with van der Waals surface area (Å²) in [6, 6.07) is 10.3. The molecular weight excluding hydrogens is 210 g/mol. The Labute approximate surface area is 100 Å². The van der Waals surface area contributed by atoms with E-state index in [1.165, 1.54) is 10.9 Å². The van der Waals surface area contributed by atoms with Crippen LogP contribution >= 0.6 is 0 Å². The summed E-state index contributed by atoms with van der Waals surface area (Å²) in [7, 11) is 0. The number of aryl methyl sites for hydroxylation is 1. The minimum atomic E-state index is 0.395. The summed E-state index contributed by atoms with van der Waals surface area (Å²) in [4.78, 5) is 4.57. The molecule has 2 nitrogen and oxygen atoms in total. The third kappa shape index (κ3) is 1.52. The van der Waals surface area contributed by atoms with Gasteiger partial charge in [-0.15, -0.1) is 0 Å². The Kier molecular flexibility index (Phi) is 2.18. The number of para-hydroxylation sites is 1. The first-order valence-electron chi connectivity index (χ1n) is 5.95. The highest BCUT2D eigenvalue weighted by molar-refractivity contribution is 5.95. The van der Waals surface area contributed by atoms with Crippen LogP contribution in [0.4, 0.5) is 0 Å². The minimum absolute atomic E-state index is 0.395. The van der Waals surface area contributed by atoms with E-state index in [9.17, 15) is 0 Å². The van der Waals surface area contributed by atoms with Gasteiger partial charge in [0.25, 0.3) is 0 Å². The SMILES string of the molecule is Cc1c2ccccc2nc2oc(C(C)C)cc12. The molecule has 2 heteroatoms. The number of nitrogens with zero attached hydrogens (tertiary/aromatic N) is 1. The van der Waals surface area contributed by atoms with Crippen LogP contribution in [-0.4, -0.2) is 4.98 Å². The van der Waals surface area contributed by atoms with Crippen LogP contribution in [0.5, 0.6) is 0 Å². The average molecular weight is 225 g/mol. The first-order chi connectivity index (χ1) is 8.16. The largest absolute Gasteiger partial charge is 0.442 e. The molecule has 0 atom stereocenters. The second-order valence-corrected chi connectivity index (χ2v) is 4.78. The van der Waals surface area contributed by atoms with Gasteiger partial charge in [-0.05, 0) is 24.6 Å². The monoisotopic (exact) mass is 225 g/mol. The lowest BCUT2D eigenvalue weighted by Gasteiger charge is -2.01. The van der Waals surface area contributed by atoms with Gasteiger partial charge in [-0.1, -0.05) is 32.0 Å². The standard InChI is InChI=1S/C15H15NO/c1-9(2)14-8-12-10(3)11-6-4-5-7-13(11)16-15(12)17-14/h4-9H,1-3H3. The Morgan fingerprint density at radius 1 is 1.12 bits per heavy atom. The van der Waals surface area contributed by atoms with Crippen molar-refractivity contribution in [2.75, 3.05) is 0 Å².